The van der Waals surface area contributed by atoms with Crippen LogP contribution in [-0.2, 0) is 11.2 Å². The van der Waals surface area contributed by atoms with Crippen LogP contribution in [0.2, 0.25) is 0 Å². The van der Waals surface area contributed by atoms with Crippen LogP contribution in [0.3, 0.4) is 0 Å². The number of thiophene rings is 1. The zero-order valence-electron chi connectivity index (χ0n) is 14.6. The van der Waals surface area contributed by atoms with Crippen molar-refractivity contribution in [3.8, 4) is 0 Å². The number of carbonyl (C=O) groups is 1. The fourth-order valence-electron chi connectivity index (χ4n) is 3.17. The second-order valence-corrected chi connectivity index (χ2v) is 7.42. The predicted molar refractivity (Wildman–Crippen MR) is 99.7 cm³/mol. The number of nitrogens with zero attached hydrogens (tertiary/aromatic N) is 4. The number of aryl methyl sites for hydroxylation is 1. The maximum absolute atomic E-state index is 12.3. The molecule has 24 heavy (non-hydrogen) atoms. The lowest BCUT2D eigenvalue weighted by atomic mass is 10.2. The molecule has 1 fully saturated rings. The Bertz CT molecular complexity index is 691. The third kappa shape index (κ3) is 3.69. The molecule has 2 aromatic heterocycles. The van der Waals surface area contributed by atoms with Crippen molar-refractivity contribution in [2.24, 2.45) is 0 Å². The first-order valence-electron chi connectivity index (χ1n) is 8.99. The van der Waals surface area contributed by atoms with Crippen LogP contribution in [0.25, 0.3) is 10.2 Å². The Morgan fingerprint density at radius 2 is 1.96 bits per heavy atom. The van der Waals surface area contributed by atoms with Crippen molar-refractivity contribution in [2.45, 2.75) is 46.0 Å². The molecule has 0 spiro atoms. The smallest absolute Gasteiger partial charge is 0.222 e. The summed E-state index contributed by atoms with van der Waals surface area (Å²) < 4.78 is 0. The number of hydrogen-bond donors (Lipinski definition) is 0. The molecule has 0 aromatic carbocycles. The fraction of sp³-hybridized carbons (Fsp3) is 0.611. The van der Waals surface area contributed by atoms with Gasteiger partial charge in [-0.2, -0.15) is 0 Å². The minimum absolute atomic E-state index is 0.305. The first-order valence-corrected chi connectivity index (χ1v) is 9.80. The quantitative estimate of drug-likeness (QED) is 0.751. The SMILES string of the molecule is CCCCCC(=O)N1CCN(c2ncnc3sc(CC)cc23)CC1. The van der Waals surface area contributed by atoms with E-state index in [9.17, 15) is 4.79 Å². The number of hydrogen-bond acceptors (Lipinski definition) is 5. The van der Waals surface area contributed by atoms with Gasteiger partial charge < -0.3 is 9.80 Å². The highest BCUT2D eigenvalue weighted by Crippen LogP contribution is 2.30. The van der Waals surface area contributed by atoms with Crippen LogP contribution in [-0.4, -0.2) is 47.0 Å². The van der Waals surface area contributed by atoms with E-state index in [1.165, 1.54) is 4.88 Å². The molecule has 6 heteroatoms. The molecule has 0 saturated carbocycles. The molecule has 0 unspecified atom stereocenters. The molecule has 0 radical (unpaired) electrons. The van der Waals surface area contributed by atoms with Crippen LogP contribution in [0.1, 0.15) is 44.4 Å². The van der Waals surface area contributed by atoms with E-state index in [2.05, 4.69) is 34.8 Å². The molecule has 1 aliphatic rings. The number of fused-ring (bicyclic) bond motifs is 1. The second kappa shape index (κ2) is 7.92. The summed E-state index contributed by atoms with van der Waals surface area (Å²) in [5.74, 6) is 1.33. The molecule has 2 aromatic rings. The van der Waals surface area contributed by atoms with Crippen molar-refractivity contribution < 1.29 is 4.79 Å². The second-order valence-electron chi connectivity index (χ2n) is 6.31. The molecule has 5 nitrogen and oxygen atoms in total. The number of carbonyl (C=O) groups excluding carboxylic acids is 1. The summed E-state index contributed by atoms with van der Waals surface area (Å²) in [5, 5.41) is 1.15. The summed E-state index contributed by atoms with van der Waals surface area (Å²) >= 11 is 1.75. The Kier molecular flexibility index (Phi) is 5.66. The first kappa shape index (κ1) is 17.1. The van der Waals surface area contributed by atoms with Gasteiger partial charge in [-0.1, -0.05) is 26.7 Å². The van der Waals surface area contributed by atoms with E-state index in [1.54, 1.807) is 17.7 Å². The molecule has 0 atom stereocenters. The molecular weight excluding hydrogens is 320 g/mol. The zero-order valence-corrected chi connectivity index (χ0v) is 15.4. The summed E-state index contributed by atoms with van der Waals surface area (Å²) in [5.41, 5.74) is 0. The molecule has 0 aliphatic carbocycles. The Labute approximate surface area is 147 Å². The van der Waals surface area contributed by atoms with Gasteiger partial charge in [-0.05, 0) is 18.9 Å². The number of rotatable bonds is 6. The summed E-state index contributed by atoms with van der Waals surface area (Å²) in [7, 11) is 0. The average molecular weight is 347 g/mol. The Hall–Kier alpha value is -1.69. The van der Waals surface area contributed by atoms with Crippen LogP contribution in [0.5, 0.6) is 0 Å². The highest BCUT2D eigenvalue weighted by Gasteiger charge is 2.23. The number of amides is 1. The van der Waals surface area contributed by atoms with Crippen molar-refractivity contribution in [1.82, 2.24) is 14.9 Å². The fourth-order valence-corrected chi connectivity index (χ4v) is 4.10. The van der Waals surface area contributed by atoms with Gasteiger partial charge in [-0.15, -0.1) is 11.3 Å². The molecular formula is C18H26N4OS. The lowest BCUT2D eigenvalue weighted by Crippen LogP contribution is -2.49. The molecule has 1 saturated heterocycles. The number of piperazine rings is 1. The van der Waals surface area contributed by atoms with E-state index >= 15 is 0 Å². The number of unbranched alkanes of at least 4 members (excludes halogenated alkanes) is 2. The van der Waals surface area contributed by atoms with E-state index in [-0.39, 0.29) is 0 Å². The molecule has 0 bridgehead atoms. The van der Waals surface area contributed by atoms with E-state index in [0.717, 1.165) is 67.9 Å². The summed E-state index contributed by atoms with van der Waals surface area (Å²) in [6.45, 7) is 7.62. The van der Waals surface area contributed by atoms with E-state index in [4.69, 9.17) is 0 Å². The normalized spacial score (nSPS) is 15.2. The highest BCUT2D eigenvalue weighted by atomic mass is 32.1. The topological polar surface area (TPSA) is 49.3 Å². The molecule has 1 aliphatic heterocycles. The largest absolute Gasteiger partial charge is 0.352 e. The number of aromatic nitrogens is 2. The minimum Gasteiger partial charge on any atom is -0.352 e. The Balaban J connectivity index is 1.64. The van der Waals surface area contributed by atoms with Gasteiger partial charge in [0.1, 0.15) is 17.0 Å². The maximum Gasteiger partial charge on any atom is 0.222 e. The van der Waals surface area contributed by atoms with Crippen LogP contribution in [0.4, 0.5) is 5.82 Å². The lowest BCUT2D eigenvalue weighted by molar-refractivity contribution is -0.131. The zero-order chi connectivity index (χ0) is 16.9. The Morgan fingerprint density at radius 1 is 1.17 bits per heavy atom. The minimum atomic E-state index is 0.305. The number of anilines is 1. The van der Waals surface area contributed by atoms with E-state index < -0.39 is 0 Å². The van der Waals surface area contributed by atoms with Crippen LogP contribution in [0, 0.1) is 0 Å². The molecule has 1 amide bonds. The average Bonchev–Trinajstić information content (AvgIpc) is 3.05. The van der Waals surface area contributed by atoms with E-state index in [1.807, 2.05) is 4.90 Å². The molecule has 130 valence electrons. The van der Waals surface area contributed by atoms with Gasteiger partial charge in [0.2, 0.25) is 5.91 Å². The van der Waals surface area contributed by atoms with Crippen molar-refractivity contribution in [2.75, 3.05) is 31.1 Å². The third-order valence-corrected chi connectivity index (χ3v) is 5.82. The summed E-state index contributed by atoms with van der Waals surface area (Å²) in [6, 6.07) is 2.22. The van der Waals surface area contributed by atoms with Gasteiger partial charge in [0.25, 0.3) is 0 Å². The summed E-state index contributed by atoms with van der Waals surface area (Å²) in [4.78, 5) is 27.9. The Morgan fingerprint density at radius 3 is 2.67 bits per heavy atom. The maximum atomic E-state index is 12.3. The third-order valence-electron chi connectivity index (χ3n) is 4.63. The summed E-state index contributed by atoms with van der Waals surface area (Å²) in [6.07, 6.45) is 6.69. The predicted octanol–water partition coefficient (Wildman–Crippen LogP) is 3.48. The van der Waals surface area contributed by atoms with Gasteiger partial charge in [0.05, 0.1) is 5.39 Å². The first-order chi connectivity index (χ1) is 11.7. The van der Waals surface area contributed by atoms with Gasteiger partial charge in [0.15, 0.2) is 0 Å². The molecule has 3 heterocycles. The monoisotopic (exact) mass is 346 g/mol. The van der Waals surface area contributed by atoms with Gasteiger partial charge in [0, 0.05) is 37.5 Å². The van der Waals surface area contributed by atoms with Gasteiger partial charge in [-0.25, -0.2) is 9.97 Å². The molecule has 3 rings (SSSR count). The van der Waals surface area contributed by atoms with Crippen LogP contribution in [0.15, 0.2) is 12.4 Å². The lowest BCUT2D eigenvalue weighted by Gasteiger charge is -2.35. The van der Waals surface area contributed by atoms with Crippen molar-refractivity contribution in [1.29, 1.82) is 0 Å². The standard InChI is InChI=1S/C18H26N4OS/c1-3-5-6-7-16(23)21-8-10-22(11-9-21)17-15-12-14(4-2)24-18(15)20-13-19-17/h12-13H,3-11H2,1-2H3. The van der Waals surface area contributed by atoms with Crippen molar-refractivity contribution in [3.05, 3.63) is 17.3 Å². The van der Waals surface area contributed by atoms with Gasteiger partial charge in [-0.3, -0.25) is 4.79 Å². The van der Waals surface area contributed by atoms with Crippen LogP contribution >= 0.6 is 11.3 Å². The highest BCUT2D eigenvalue weighted by molar-refractivity contribution is 7.18. The molecule has 0 N–H and O–H groups in total. The van der Waals surface area contributed by atoms with Crippen molar-refractivity contribution in [3.63, 3.8) is 0 Å². The van der Waals surface area contributed by atoms with Crippen molar-refractivity contribution >= 4 is 33.3 Å². The van der Waals surface area contributed by atoms with Crippen LogP contribution < -0.4 is 4.90 Å². The van der Waals surface area contributed by atoms with E-state index in [0.29, 0.717) is 12.3 Å². The van der Waals surface area contributed by atoms with Gasteiger partial charge >= 0.3 is 0 Å².